The average molecular weight is 403 g/mol. The highest BCUT2D eigenvalue weighted by molar-refractivity contribution is 9.10. The molecule has 0 bridgehead atoms. The molecule has 1 aromatic heterocycles. The fourth-order valence-corrected chi connectivity index (χ4v) is 3.47. The molecule has 0 spiro atoms. The Balaban J connectivity index is 2.09. The lowest BCUT2D eigenvalue weighted by atomic mass is 10.3. The molecule has 0 saturated carbocycles. The van der Waals surface area contributed by atoms with E-state index in [0.29, 0.717) is 12.2 Å². The predicted molar refractivity (Wildman–Crippen MR) is 82.4 cm³/mol. The number of thiophene rings is 1. The van der Waals surface area contributed by atoms with Crippen molar-refractivity contribution in [3.63, 3.8) is 0 Å². The summed E-state index contributed by atoms with van der Waals surface area (Å²) in [5.41, 5.74) is 0.631. The number of rotatable bonds is 5. The molecule has 2 rings (SSSR count). The monoisotopic (exact) mass is 401 g/mol. The van der Waals surface area contributed by atoms with Crippen LogP contribution in [0.25, 0.3) is 0 Å². The van der Waals surface area contributed by atoms with Crippen molar-refractivity contribution in [2.24, 2.45) is 0 Å². The Morgan fingerprint density at radius 2 is 1.90 bits per heavy atom. The van der Waals surface area contributed by atoms with Crippen LogP contribution in [-0.4, -0.2) is 6.61 Å². The van der Waals surface area contributed by atoms with Gasteiger partial charge in [0.2, 0.25) is 0 Å². The van der Waals surface area contributed by atoms with Gasteiger partial charge in [0, 0.05) is 27.0 Å². The molecule has 20 heavy (non-hydrogen) atoms. The molecule has 0 atom stereocenters. The first-order valence-electron chi connectivity index (χ1n) is 5.36. The second kappa shape index (κ2) is 6.93. The summed E-state index contributed by atoms with van der Waals surface area (Å²) in [5, 5.41) is 5.15. The predicted octanol–water partition coefficient (Wildman–Crippen LogP) is 6.03. The maximum atomic E-state index is 12.2. The molecule has 0 amide bonds. The quantitative estimate of drug-likeness (QED) is 0.659. The van der Waals surface area contributed by atoms with Gasteiger partial charge in [-0.15, -0.1) is 11.3 Å². The van der Waals surface area contributed by atoms with Gasteiger partial charge < -0.3 is 10.1 Å². The van der Waals surface area contributed by atoms with E-state index in [4.69, 9.17) is 23.2 Å². The third-order valence-electron chi connectivity index (χ3n) is 2.29. The van der Waals surface area contributed by atoms with Crippen LogP contribution in [0.15, 0.2) is 28.1 Å². The van der Waals surface area contributed by atoms with Crippen molar-refractivity contribution < 1.29 is 13.5 Å². The van der Waals surface area contributed by atoms with Crippen molar-refractivity contribution in [2.45, 2.75) is 13.2 Å². The van der Waals surface area contributed by atoms with E-state index in [9.17, 15) is 8.78 Å². The lowest BCUT2D eigenvalue weighted by molar-refractivity contribution is -0.0497. The van der Waals surface area contributed by atoms with Crippen molar-refractivity contribution in [1.29, 1.82) is 0 Å². The third-order valence-corrected chi connectivity index (χ3v) is 4.55. The fraction of sp³-hybridized carbons (Fsp3) is 0.167. The molecule has 0 unspecified atom stereocenters. The van der Waals surface area contributed by atoms with Crippen LogP contribution in [0.3, 0.4) is 0 Å². The highest BCUT2D eigenvalue weighted by atomic mass is 79.9. The molecule has 0 fully saturated rings. The smallest absolute Gasteiger partial charge is 0.387 e. The Labute approximate surface area is 136 Å². The van der Waals surface area contributed by atoms with Gasteiger partial charge in [0.25, 0.3) is 0 Å². The van der Waals surface area contributed by atoms with Crippen LogP contribution in [0.1, 0.15) is 4.88 Å². The Bertz CT molecular complexity index is 586. The highest BCUT2D eigenvalue weighted by Crippen LogP contribution is 2.37. The van der Waals surface area contributed by atoms with E-state index in [1.807, 2.05) is 11.4 Å². The summed E-state index contributed by atoms with van der Waals surface area (Å²) in [4.78, 5) is 1.11. The van der Waals surface area contributed by atoms with E-state index in [1.54, 1.807) is 11.3 Å². The van der Waals surface area contributed by atoms with Gasteiger partial charge in [-0.25, -0.2) is 0 Å². The topological polar surface area (TPSA) is 21.3 Å². The van der Waals surface area contributed by atoms with Crippen LogP contribution in [0.2, 0.25) is 10.0 Å². The van der Waals surface area contributed by atoms with Crippen molar-refractivity contribution in [3.05, 3.63) is 43.0 Å². The van der Waals surface area contributed by atoms with Crippen LogP contribution >= 0.6 is 50.5 Å². The van der Waals surface area contributed by atoms with E-state index in [-0.39, 0.29) is 15.8 Å². The lowest BCUT2D eigenvalue weighted by Crippen LogP contribution is -2.04. The van der Waals surface area contributed by atoms with Crippen molar-refractivity contribution in [3.8, 4) is 5.75 Å². The largest absolute Gasteiger partial charge is 0.432 e. The summed E-state index contributed by atoms with van der Waals surface area (Å²) in [7, 11) is 0. The molecule has 0 saturated heterocycles. The molecular formula is C12H8BrCl2F2NOS. The molecule has 0 aliphatic rings. The number of ether oxygens (including phenoxy) is 1. The van der Waals surface area contributed by atoms with Crippen molar-refractivity contribution in [1.82, 2.24) is 0 Å². The maximum Gasteiger partial charge on any atom is 0.387 e. The van der Waals surface area contributed by atoms with Gasteiger partial charge >= 0.3 is 6.61 Å². The molecule has 1 N–H and O–H groups in total. The van der Waals surface area contributed by atoms with E-state index in [2.05, 4.69) is 26.0 Å². The van der Waals surface area contributed by atoms with Gasteiger partial charge in [0.1, 0.15) is 0 Å². The summed E-state index contributed by atoms with van der Waals surface area (Å²) in [5.74, 6) is -0.215. The second-order valence-electron chi connectivity index (χ2n) is 3.73. The van der Waals surface area contributed by atoms with Crippen LogP contribution in [0.5, 0.6) is 5.75 Å². The Hall–Kier alpha value is -0.560. The Kier molecular flexibility index (Phi) is 5.49. The standard InChI is InChI=1S/C12H8BrCl2F2NOS/c13-6-1-8(20-5-6)4-18-7-2-9(14)11(10(15)3-7)19-12(16)17/h1-3,5,12,18H,4H2. The van der Waals surface area contributed by atoms with Gasteiger partial charge in [-0.1, -0.05) is 23.2 Å². The van der Waals surface area contributed by atoms with Crippen molar-refractivity contribution in [2.75, 3.05) is 5.32 Å². The Morgan fingerprint density at radius 1 is 1.25 bits per heavy atom. The summed E-state index contributed by atoms with van der Waals surface area (Å²) in [6.45, 7) is -2.38. The van der Waals surface area contributed by atoms with Gasteiger partial charge in [-0.05, 0) is 34.1 Å². The van der Waals surface area contributed by atoms with E-state index in [1.165, 1.54) is 12.1 Å². The number of nitrogens with one attached hydrogen (secondary N) is 1. The second-order valence-corrected chi connectivity index (χ2v) is 6.46. The lowest BCUT2D eigenvalue weighted by Gasteiger charge is -2.12. The summed E-state index contributed by atoms with van der Waals surface area (Å²) < 4.78 is 29.7. The number of alkyl halides is 2. The molecule has 1 heterocycles. The van der Waals surface area contributed by atoms with Crippen LogP contribution < -0.4 is 10.1 Å². The summed E-state index contributed by atoms with van der Waals surface area (Å²) in [6, 6.07) is 4.97. The molecule has 8 heteroatoms. The first-order chi connectivity index (χ1) is 9.45. The van der Waals surface area contributed by atoms with Gasteiger partial charge in [0.05, 0.1) is 10.0 Å². The molecule has 1 aromatic carbocycles. The van der Waals surface area contributed by atoms with Crippen LogP contribution in [0.4, 0.5) is 14.5 Å². The minimum atomic E-state index is -2.97. The van der Waals surface area contributed by atoms with Gasteiger partial charge in [-0.2, -0.15) is 8.78 Å². The summed E-state index contributed by atoms with van der Waals surface area (Å²) in [6.07, 6.45) is 0. The van der Waals surface area contributed by atoms with Crippen LogP contribution in [0, 0.1) is 0 Å². The molecule has 2 nitrogen and oxygen atoms in total. The third kappa shape index (κ3) is 4.22. The number of anilines is 1. The zero-order chi connectivity index (χ0) is 14.7. The Morgan fingerprint density at radius 3 is 2.40 bits per heavy atom. The van der Waals surface area contributed by atoms with Crippen molar-refractivity contribution >= 4 is 56.2 Å². The zero-order valence-corrected chi connectivity index (χ0v) is 13.7. The number of hydrogen-bond donors (Lipinski definition) is 1. The van der Waals surface area contributed by atoms with Gasteiger partial charge in [-0.3, -0.25) is 0 Å². The van der Waals surface area contributed by atoms with E-state index >= 15 is 0 Å². The summed E-state index contributed by atoms with van der Waals surface area (Å²) >= 11 is 16.7. The maximum absolute atomic E-state index is 12.2. The molecule has 2 aromatic rings. The molecule has 0 aliphatic heterocycles. The zero-order valence-electron chi connectivity index (χ0n) is 9.80. The molecular weight excluding hydrogens is 395 g/mol. The van der Waals surface area contributed by atoms with Crippen LogP contribution in [-0.2, 0) is 6.54 Å². The van der Waals surface area contributed by atoms with Gasteiger partial charge in [0.15, 0.2) is 5.75 Å². The first kappa shape index (κ1) is 15.8. The molecule has 0 aliphatic carbocycles. The van der Waals surface area contributed by atoms with E-state index < -0.39 is 6.61 Å². The average Bonchev–Trinajstić information content (AvgIpc) is 2.77. The minimum Gasteiger partial charge on any atom is -0.432 e. The molecule has 0 radical (unpaired) electrons. The first-order valence-corrected chi connectivity index (χ1v) is 7.79. The van der Waals surface area contributed by atoms with E-state index in [0.717, 1.165) is 9.35 Å². The number of halogens is 5. The highest BCUT2D eigenvalue weighted by Gasteiger charge is 2.14. The SMILES string of the molecule is FC(F)Oc1c(Cl)cc(NCc2cc(Br)cs2)cc1Cl. The fourth-order valence-electron chi connectivity index (χ4n) is 1.50. The molecule has 108 valence electrons. The normalized spacial score (nSPS) is 10.9. The number of benzene rings is 1. The minimum absolute atomic E-state index is 0.0349. The number of hydrogen-bond acceptors (Lipinski definition) is 3.